The summed E-state index contributed by atoms with van der Waals surface area (Å²) in [5.41, 5.74) is 4.35. The summed E-state index contributed by atoms with van der Waals surface area (Å²) in [6.07, 6.45) is 10.1. The largest absolute Gasteiger partial charge is 0.0952 e. The zero-order valence-electron chi connectivity index (χ0n) is 10.1. The first-order chi connectivity index (χ1) is 6.53. The van der Waals surface area contributed by atoms with Crippen molar-refractivity contribution in [2.45, 2.75) is 52.2 Å². The van der Waals surface area contributed by atoms with Gasteiger partial charge in [-0.3, -0.25) is 0 Å². The van der Waals surface area contributed by atoms with Crippen LogP contribution in [-0.2, 0) is 0 Å². The van der Waals surface area contributed by atoms with Crippen molar-refractivity contribution < 1.29 is 0 Å². The molecule has 0 aliphatic heterocycles. The molecule has 0 amide bonds. The maximum atomic E-state index is 2.62. The molecule has 1 heteroatoms. The van der Waals surface area contributed by atoms with Crippen LogP contribution in [0.2, 0.25) is 19.6 Å². The predicted octanol–water partition coefficient (Wildman–Crippen LogP) is 4.56. The molecule has 1 fully saturated rings. The Hall–Kier alpha value is -0.303. The Balaban J connectivity index is 2.68. The van der Waals surface area contributed by atoms with Gasteiger partial charge in [-0.2, -0.15) is 0 Å². The van der Waals surface area contributed by atoms with Gasteiger partial charge in [0, 0.05) is 0 Å². The molecule has 0 spiro atoms. The maximum absolute atomic E-state index is 2.62. The molecule has 1 rings (SSSR count). The molecule has 0 unspecified atom stereocenters. The molecule has 80 valence electrons. The minimum Gasteiger partial charge on any atom is -0.0952 e. The van der Waals surface area contributed by atoms with Crippen LogP contribution in [0.4, 0.5) is 0 Å². The van der Waals surface area contributed by atoms with Crippen molar-refractivity contribution in [1.82, 2.24) is 0 Å². The van der Waals surface area contributed by atoms with Gasteiger partial charge in [0.05, 0.1) is 8.07 Å². The minimum absolute atomic E-state index is 0.779. The van der Waals surface area contributed by atoms with Crippen LogP contribution in [0.5, 0.6) is 0 Å². The minimum atomic E-state index is -0.999. The van der Waals surface area contributed by atoms with E-state index < -0.39 is 8.07 Å². The van der Waals surface area contributed by atoms with E-state index in [0.29, 0.717) is 0 Å². The van der Waals surface area contributed by atoms with Crippen molar-refractivity contribution in [3.63, 3.8) is 0 Å². The van der Waals surface area contributed by atoms with Crippen molar-refractivity contribution in [2.24, 2.45) is 5.92 Å². The lowest BCUT2D eigenvalue weighted by molar-refractivity contribution is 0.762. The normalized spacial score (nSPS) is 26.6. The maximum Gasteiger partial charge on any atom is 0.0686 e. The van der Waals surface area contributed by atoms with E-state index in [-0.39, 0.29) is 0 Å². The molecule has 0 N–H and O–H groups in total. The van der Waals surface area contributed by atoms with E-state index in [1.54, 1.807) is 5.57 Å². The van der Waals surface area contributed by atoms with Gasteiger partial charge >= 0.3 is 0 Å². The fraction of sp³-hybridized carbons (Fsp3) is 0.692. The van der Waals surface area contributed by atoms with E-state index in [1.807, 2.05) is 0 Å². The Bertz CT molecular complexity index is 230. The van der Waals surface area contributed by atoms with E-state index in [1.165, 1.54) is 25.7 Å². The van der Waals surface area contributed by atoms with Crippen molar-refractivity contribution in [3.05, 3.63) is 23.4 Å². The van der Waals surface area contributed by atoms with E-state index in [9.17, 15) is 0 Å². The number of rotatable bonds is 3. The highest BCUT2D eigenvalue weighted by atomic mass is 28.3. The van der Waals surface area contributed by atoms with Crippen LogP contribution < -0.4 is 0 Å². The molecule has 0 radical (unpaired) electrons. The topological polar surface area (TPSA) is 0 Å². The first-order valence-corrected chi connectivity index (χ1v) is 9.49. The van der Waals surface area contributed by atoms with Gasteiger partial charge in [-0.1, -0.05) is 50.0 Å². The number of allylic oxidation sites excluding steroid dienone is 3. The first kappa shape index (κ1) is 11.8. The highest BCUT2D eigenvalue weighted by molar-refractivity contribution is 6.81. The van der Waals surface area contributed by atoms with Crippen LogP contribution >= 0.6 is 0 Å². The SMILES string of the molecule is CC/C=C\[C@@H]1CCC/C1=C\[Si](C)(C)C. The molecule has 0 bridgehead atoms. The fourth-order valence-electron chi connectivity index (χ4n) is 2.15. The molecule has 0 aromatic carbocycles. The average molecular weight is 208 g/mol. The summed E-state index contributed by atoms with van der Waals surface area (Å²) in [6.45, 7) is 9.50. The number of hydrogen-bond donors (Lipinski definition) is 0. The Morgan fingerprint density at radius 3 is 2.64 bits per heavy atom. The van der Waals surface area contributed by atoms with E-state index in [4.69, 9.17) is 0 Å². The second-order valence-corrected chi connectivity index (χ2v) is 10.4. The third-order valence-electron chi connectivity index (χ3n) is 2.68. The van der Waals surface area contributed by atoms with Crippen molar-refractivity contribution in [1.29, 1.82) is 0 Å². The lowest BCUT2D eigenvalue weighted by atomic mass is 10.0. The molecule has 1 aliphatic carbocycles. The molecule has 0 heterocycles. The molecule has 0 aromatic heterocycles. The molecule has 0 nitrogen and oxygen atoms in total. The smallest absolute Gasteiger partial charge is 0.0686 e. The Morgan fingerprint density at radius 1 is 1.36 bits per heavy atom. The van der Waals surface area contributed by atoms with Crippen molar-refractivity contribution in [3.8, 4) is 0 Å². The Labute approximate surface area is 90.1 Å². The van der Waals surface area contributed by atoms with Gasteiger partial charge in [0.15, 0.2) is 0 Å². The molecule has 0 saturated heterocycles. The molecule has 14 heavy (non-hydrogen) atoms. The lowest BCUT2D eigenvalue weighted by Gasteiger charge is -2.14. The van der Waals surface area contributed by atoms with Crippen LogP contribution in [-0.4, -0.2) is 8.07 Å². The van der Waals surface area contributed by atoms with Crippen molar-refractivity contribution in [2.75, 3.05) is 0 Å². The van der Waals surface area contributed by atoms with Gasteiger partial charge in [0.1, 0.15) is 0 Å². The third kappa shape index (κ3) is 3.83. The summed E-state index contributed by atoms with van der Waals surface area (Å²) < 4.78 is 0. The molecular weight excluding hydrogens is 184 g/mol. The predicted molar refractivity (Wildman–Crippen MR) is 68.2 cm³/mol. The zero-order chi connectivity index (χ0) is 10.6. The van der Waals surface area contributed by atoms with Crippen LogP contribution in [0.15, 0.2) is 23.4 Å². The summed E-state index contributed by atoms with van der Waals surface area (Å²) in [4.78, 5) is 0. The molecular formula is C13H24Si. The van der Waals surface area contributed by atoms with Crippen LogP contribution in [0.1, 0.15) is 32.6 Å². The van der Waals surface area contributed by atoms with Gasteiger partial charge in [-0.25, -0.2) is 0 Å². The van der Waals surface area contributed by atoms with Gasteiger partial charge in [-0.15, -0.1) is 0 Å². The molecule has 0 aromatic rings. The quantitative estimate of drug-likeness (QED) is 0.471. The summed E-state index contributed by atoms with van der Waals surface area (Å²) in [7, 11) is -0.999. The van der Waals surface area contributed by atoms with Crippen LogP contribution in [0.25, 0.3) is 0 Å². The van der Waals surface area contributed by atoms with Gasteiger partial charge in [-0.05, 0) is 31.6 Å². The molecule has 1 saturated carbocycles. The summed E-state index contributed by atoms with van der Waals surface area (Å²) in [5, 5.41) is 0. The molecule has 1 aliphatic rings. The Morgan fingerprint density at radius 2 is 2.07 bits per heavy atom. The van der Waals surface area contributed by atoms with Gasteiger partial charge in [0.25, 0.3) is 0 Å². The van der Waals surface area contributed by atoms with E-state index in [2.05, 4.69) is 44.4 Å². The first-order valence-electron chi connectivity index (χ1n) is 5.91. The second-order valence-electron chi connectivity index (χ2n) is 5.42. The fourth-order valence-corrected chi connectivity index (χ4v) is 3.62. The highest BCUT2D eigenvalue weighted by Crippen LogP contribution is 2.33. The lowest BCUT2D eigenvalue weighted by Crippen LogP contribution is -2.17. The van der Waals surface area contributed by atoms with Gasteiger partial charge in [0.2, 0.25) is 0 Å². The van der Waals surface area contributed by atoms with E-state index in [0.717, 1.165) is 5.92 Å². The Kier molecular flexibility index (Phi) is 4.18. The highest BCUT2D eigenvalue weighted by Gasteiger charge is 2.21. The van der Waals surface area contributed by atoms with Crippen molar-refractivity contribution >= 4 is 8.07 Å². The second kappa shape index (κ2) is 4.97. The summed E-state index contributed by atoms with van der Waals surface area (Å²) in [5.74, 6) is 0.779. The number of hydrogen-bond acceptors (Lipinski definition) is 0. The van der Waals surface area contributed by atoms with Crippen LogP contribution in [0.3, 0.4) is 0 Å². The average Bonchev–Trinajstić information content (AvgIpc) is 2.45. The molecule has 1 atom stereocenters. The van der Waals surface area contributed by atoms with Crippen LogP contribution in [0, 0.1) is 5.92 Å². The summed E-state index contributed by atoms with van der Waals surface area (Å²) in [6, 6.07) is 0. The monoisotopic (exact) mass is 208 g/mol. The standard InChI is InChI=1S/C13H24Si/c1-5-6-8-12-9-7-10-13(12)11-14(2,3)4/h6,8,11-12H,5,7,9-10H2,1-4H3/b8-6-,13-11+/t12-/m1/s1. The van der Waals surface area contributed by atoms with E-state index >= 15 is 0 Å². The summed E-state index contributed by atoms with van der Waals surface area (Å²) >= 11 is 0. The third-order valence-corrected chi connectivity index (χ3v) is 3.92. The zero-order valence-corrected chi connectivity index (χ0v) is 11.1. The van der Waals surface area contributed by atoms with Gasteiger partial charge < -0.3 is 0 Å².